The van der Waals surface area contributed by atoms with Crippen molar-refractivity contribution in [2.75, 3.05) is 6.54 Å². The van der Waals surface area contributed by atoms with Gasteiger partial charge < -0.3 is 10.1 Å². The van der Waals surface area contributed by atoms with Crippen molar-refractivity contribution in [1.29, 1.82) is 0 Å². The highest BCUT2D eigenvalue weighted by molar-refractivity contribution is 9.10. The summed E-state index contributed by atoms with van der Waals surface area (Å²) in [5.41, 5.74) is 1.46. The number of halogens is 1. The molecule has 2 nitrogen and oxygen atoms in total. The van der Waals surface area contributed by atoms with Crippen LogP contribution >= 0.6 is 15.9 Å². The molecule has 0 radical (unpaired) electrons. The highest BCUT2D eigenvalue weighted by Gasteiger charge is 2.55. The van der Waals surface area contributed by atoms with Crippen LogP contribution in [0.5, 0.6) is 5.75 Å². The first-order valence-corrected chi connectivity index (χ1v) is 9.21. The van der Waals surface area contributed by atoms with Gasteiger partial charge in [-0.15, -0.1) is 0 Å². The number of ether oxygens (including phenoxy) is 1. The van der Waals surface area contributed by atoms with Crippen LogP contribution in [0.25, 0.3) is 0 Å². The van der Waals surface area contributed by atoms with E-state index >= 15 is 0 Å². The minimum atomic E-state index is 0.113. The summed E-state index contributed by atoms with van der Waals surface area (Å²) in [5, 5.41) is 3.76. The van der Waals surface area contributed by atoms with Gasteiger partial charge in [-0.05, 0) is 62.6 Å². The van der Waals surface area contributed by atoms with Gasteiger partial charge in [-0.1, -0.05) is 28.9 Å². The van der Waals surface area contributed by atoms with Gasteiger partial charge in [-0.3, -0.25) is 0 Å². The van der Waals surface area contributed by atoms with Gasteiger partial charge in [0.1, 0.15) is 11.4 Å². The minimum absolute atomic E-state index is 0.113. The largest absolute Gasteiger partial charge is 0.487 e. The SMILES string of the molecule is CCCNC1CC2(CC3CCC2C3)Oc2cc(Br)ccc21. The molecule has 1 aromatic carbocycles. The zero-order valence-corrected chi connectivity index (χ0v) is 14.3. The lowest BCUT2D eigenvalue weighted by Gasteiger charge is -2.45. The van der Waals surface area contributed by atoms with Crippen molar-refractivity contribution in [3.63, 3.8) is 0 Å². The molecule has 1 N–H and O–H groups in total. The molecule has 0 amide bonds. The van der Waals surface area contributed by atoms with Crippen LogP contribution in [0.3, 0.4) is 0 Å². The fourth-order valence-electron chi connectivity index (χ4n) is 4.87. The van der Waals surface area contributed by atoms with E-state index in [2.05, 4.69) is 46.4 Å². The number of benzene rings is 1. The van der Waals surface area contributed by atoms with Crippen molar-refractivity contribution in [2.45, 2.75) is 57.1 Å². The smallest absolute Gasteiger partial charge is 0.126 e. The maximum atomic E-state index is 6.64. The molecule has 3 heteroatoms. The first-order chi connectivity index (χ1) is 10.2. The fourth-order valence-corrected chi connectivity index (χ4v) is 5.21. The average Bonchev–Trinajstić information content (AvgIpc) is 3.04. The second-order valence-electron chi connectivity index (χ2n) is 7.14. The lowest BCUT2D eigenvalue weighted by atomic mass is 9.76. The predicted molar refractivity (Wildman–Crippen MR) is 88.6 cm³/mol. The number of nitrogens with one attached hydrogen (secondary N) is 1. The van der Waals surface area contributed by atoms with Crippen LogP contribution in [0.15, 0.2) is 22.7 Å². The molecular weight excluding hydrogens is 326 g/mol. The van der Waals surface area contributed by atoms with Crippen molar-refractivity contribution in [3.05, 3.63) is 28.2 Å². The van der Waals surface area contributed by atoms with Crippen molar-refractivity contribution in [1.82, 2.24) is 5.32 Å². The third-order valence-corrected chi connectivity index (χ3v) is 6.27. The summed E-state index contributed by atoms with van der Waals surface area (Å²) in [4.78, 5) is 0. The molecule has 2 saturated carbocycles. The van der Waals surface area contributed by atoms with E-state index in [1.54, 1.807) is 0 Å². The molecule has 2 fully saturated rings. The Morgan fingerprint density at radius 1 is 1.33 bits per heavy atom. The van der Waals surface area contributed by atoms with Crippen molar-refractivity contribution < 1.29 is 4.74 Å². The van der Waals surface area contributed by atoms with E-state index in [9.17, 15) is 0 Å². The van der Waals surface area contributed by atoms with E-state index in [4.69, 9.17) is 4.74 Å². The summed E-state index contributed by atoms with van der Waals surface area (Å²) in [7, 11) is 0. The van der Waals surface area contributed by atoms with E-state index in [-0.39, 0.29) is 5.60 Å². The number of hydrogen-bond donors (Lipinski definition) is 1. The van der Waals surface area contributed by atoms with Gasteiger partial charge in [0, 0.05) is 22.5 Å². The molecule has 4 rings (SSSR count). The van der Waals surface area contributed by atoms with Crippen LogP contribution in [0.1, 0.15) is 57.1 Å². The lowest BCUT2D eigenvalue weighted by molar-refractivity contribution is -0.0184. The molecule has 0 aromatic heterocycles. The maximum absolute atomic E-state index is 6.64. The van der Waals surface area contributed by atoms with Gasteiger partial charge in [0.25, 0.3) is 0 Å². The summed E-state index contributed by atoms with van der Waals surface area (Å²) in [6.07, 6.45) is 7.80. The van der Waals surface area contributed by atoms with E-state index < -0.39 is 0 Å². The average molecular weight is 350 g/mol. The van der Waals surface area contributed by atoms with Crippen molar-refractivity contribution >= 4 is 15.9 Å². The Labute approximate surface area is 135 Å². The molecule has 3 aliphatic rings. The predicted octanol–water partition coefficient (Wildman–Crippen LogP) is 4.83. The van der Waals surface area contributed by atoms with Crippen LogP contribution in [0, 0.1) is 11.8 Å². The highest BCUT2D eigenvalue weighted by atomic mass is 79.9. The molecule has 2 bridgehead atoms. The Balaban J connectivity index is 1.69. The third-order valence-electron chi connectivity index (χ3n) is 5.77. The van der Waals surface area contributed by atoms with Crippen LogP contribution in [0.2, 0.25) is 0 Å². The minimum Gasteiger partial charge on any atom is -0.487 e. The zero-order valence-electron chi connectivity index (χ0n) is 12.7. The van der Waals surface area contributed by atoms with E-state index in [0.717, 1.165) is 35.0 Å². The first-order valence-electron chi connectivity index (χ1n) is 8.42. The number of rotatable bonds is 3. The quantitative estimate of drug-likeness (QED) is 0.843. The molecular formula is C18H24BrNO. The van der Waals surface area contributed by atoms with Gasteiger partial charge in [0.2, 0.25) is 0 Å². The molecule has 4 unspecified atom stereocenters. The Kier molecular flexibility index (Phi) is 3.54. The molecule has 1 spiro atoms. The first kappa shape index (κ1) is 14.1. The molecule has 4 atom stereocenters. The number of hydrogen-bond acceptors (Lipinski definition) is 2. The highest BCUT2D eigenvalue weighted by Crippen LogP contribution is 2.58. The van der Waals surface area contributed by atoms with E-state index in [1.807, 2.05) is 0 Å². The molecule has 1 heterocycles. The Morgan fingerprint density at radius 2 is 2.24 bits per heavy atom. The second kappa shape index (κ2) is 5.27. The monoisotopic (exact) mass is 349 g/mol. The summed E-state index contributed by atoms with van der Waals surface area (Å²) < 4.78 is 7.76. The van der Waals surface area contributed by atoms with Crippen molar-refractivity contribution in [2.24, 2.45) is 11.8 Å². The fraction of sp³-hybridized carbons (Fsp3) is 0.667. The van der Waals surface area contributed by atoms with Crippen LogP contribution in [-0.2, 0) is 0 Å². The Hall–Kier alpha value is -0.540. The van der Waals surface area contributed by atoms with Gasteiger partial charge in [0.15, 0.2) is 0 Å². The third kappa shape index (κ3) is 2.33. The topological polar surface area (TPSA) is 21.3 Å². The van der Waals surface area contributed by atoms with Gasteiger partial charge >= 0.3 is 0 Å². The summed E-state index contributed by atoms with van der Waals surface area (Å²) in [5.74, 6) is 2.80. The van der Waals surface area contributed by atoms with E-state index in [1.165, 1.54) is 37.7 Å². The summed E-state index contributed by atoms with van der Waals surface area (Å²) >= 11 is 3.60. The van der Waals surface area contributed by atoms with Gasteiger partial charge in [0.05, 0.1) is 0 Å². The maximum Gasteiger partial charge on any atom is 0.126 e. The lowest BCUT2D eigenvalue weighted by Crippen LogP contribution is -2.48. The van der Waals surface area contributed by atoms with E-state index in [0.29, 0.717) is 6.04 Å². The Morgan fingerprint density at radius 3 is 2.95 bits per heavy atom. The molecule has 2 aliphatic carbocycles. The molecule has 1 aromatic rings. The zero-order chi connectivity index (χ0) is 14.4. The summed E-state index contributed by atoms with van der Waals surface area (Å²) in [6, 6.07) is 7.00. The van der Waals surface area contributed by atoms with Crippen molar-refractivity contribution in [3.8, 4) is 5.75 Å². The molecule has 0 saturated heterocycles. The summed E-state index contributed by atoms with van der Waals surface area (Å²) in [6.45, 7) is 3.33. The Bertz CT molecular complexity index is 546. The molecule has 21 heavy (non-hydrogen) atoms. The molecule has 114 valence electrons. The van der Waals surface area contributed by atoms with Crippen LogP contribution in [-0.4, -0.2) is 12.1 Å². The van der Waals surface area contributed by atoms with Crippen LogP contribution in [0.4, 0.5) is 0 Å². The van der Waals surface area contributed by atoms with Gasteiger partial charge in [-0.2, -0.15) is 0 Å². The van der Waals surface area contributed by atoms with Crippen LogP contribution < -0.4 is 10.1 Å². The normalized spacial score (nSPS) is 36.8. The standard InChI is InChI=1S/C18H24BrNO/c1-2-7-20-16-11-18(10-12-3-4-13(18)8-12)21-17-9-14(19)5-6-15(16)17/h5-6,9,12-13,16,20H,2-4,7-8,10-11H2,1H3. The van der Waals surface area contributed by atoms with Gasteiger partial charge in [-0.25, -0.2) is 0 Å². The molecule has 1 aliphatic heterocycles. The second-order valence-corrected chi connectivity index (χ2v) is 8.06. The number of fused-ring (bicyclic) bond motifs is 4.